The minimum absolute atomic E-state index is 0.0269. The highest BCUT2D eigenvalue weighted by molar-refractivity contribution is 6.16. The first-order chi connectivity index (χ1) is 6.64. The topological polar surface area (TPSA) is 18.5 Å². The molecule has 14 heavy (non-hydrogen) atoms. The van der Waals surface area contributed by atoms with Crippen molar-refractivity contribution in [2.45, 2.75) is 25.6 Å². The van der Waals surface area contributed by atoms with Crippen LogP contribution in [0, 0.1) is 0 Å². The SMILES string of the molecule is C[N+](C)(CCl)CCOC1CCCCO1. The van der Waals surface area contributed by atoms with Crippen molar-refractivity contribution in [1.29, 1.82) is 0 Å². The lowest BCUT2D eigenvalue weighted by Crippen LogP contribution is -2.41. The zero-order valence-corrected chi connectivity index (χ0v) is 9.92. The Balaban J connectivity index is 2.08. The zero-order chi connectivity index (χ0) is 10.4. The number of rotatable bonds is 5. The molecule has 1 saturated heterocycles. The summed E-state index contributed by atoms with van der Waals surface area (Å²) in [7, 11) is 4.19. The van der Waals surface area contributed by atoms with Crippen LogP contribution in [0.15, 0.2) is 0 Å². The first kappa shape index (κ1) is 12.2. The molecule has 1 unspecified atom stereocenters. The highest BCUT2D eigenvalue weighted by Crippen LogP contribution is 2.13. The van der Waals surface area contributed by atoms with Crippen LogP contribution in [0.1, 0.15) is 19.3 Å². The maximum atomic E-state index is 5.80. The molecule has 1 atom stereocenters. The Morgan fingerprint density at radius 2 is 2.21 bits per heavy atom. The first-order valence-corrected chi connectivity index (χ1v) is 5.79. The van der Waals surface area contributed by atoms with Gasteiger partial charge in [-0.1, -0.05) is 11.6 Å². The minimum atomic E-state index is 0.0269. The van der Waals surface area contributed by atoms with Gasteiger partial charge in [0.2, 0.25) is 0 Å². The van der Waals surface area contributed by atoms with Gasteiger partial charge in [0, 0.05) is 6.61 Å². The molecule has 1 aliphatic rings. The van der Waals surface area contributed by atoms with Crippen molar-refractivity contribution in [2.24, 2.45) is 0 Å². The summed E-state index contributed by atoms with van der Waals surface area (Å²) in [6.07, 6.45) is 3.45. The van der Waals surface area contributed by atoms with Crippen LogP contribution in [0.25, 0.3) is 0 Å². The molecule has 0 N–H and O–H groups in total. The van der Waals surface area contributed by atoms with Crippen LogP contribution in [0.3, 0.4) is 0 Å². The van der Waals surface area contributed by atoms with E-state index in [-0.39, 0.29) is 6.29 Å². The third kappa shape index (κ3) is 4.60. The van der Waals surface area contributed by atoms with Gasteiger partial charge in [-0.2, -0.15) is 0 Å². The summed E-state index contributed by atoms with van der Waals surface area (Å²) in [6.45, 7) is 2.51. The van der Waals surface area contributed by atoms with E-state index in [4.69, 9.17) is 21.1 Å². The quantitative estimate of drug-likeness (QED) is 0.401. The Bertz CT molecular complexity index is 158. The second-order valence-corrected chi connectivity index (χ2v) is 4.68. The summed E-state index contributed by atoms with van der Waals surface area (Å²) in [6, 6.07) is 0.620. The van der Waals surface area contributed by atoms with Crippen molar-refractivity contribution in [1.82, 2.24) is 0 Å². The smallest absolute Gasteiger partial charge is 0.157 e. The standard InChI is InChI=1S/C10H21ClNO2/c1-12(2,9-11)6-8-14-10-5-3-4-7-13-10/h10H,3-9H2,1-2H3/q+1. The highest BCUT2D eigenvalue weighted by Gasteiger charge is 2.17. The molecule has 0 amide bonds. The molecule has 1 heterocycles. The van der Waals surface area contributed by atoms with Gasteiger partial charge >= 0.3 is 0 Å². The Labute approximate surface area is 91.5 Å². The second kappa shape index (κ2) is 5.91. The van der Waals surface area contributed by atoms with E-state index in [1.807, 2.05) is 0 Å². The molecule has 1 fully saturated rings. The molecule has 0 spiro atoms. The fraction of sp³-hybridized carbons (Fsp3) is 1.00. The molecule has 4 heteroatoms. The van der Waals surface area contributed by atoms with Crippen LogP contribution in [-0.4, -0.2) is 50.6 Å². The molecule has 0 radical (unpaired) electrons. The Hall–Kier alpha value is 0.170. The van der Waals surface area contributed by atoms with Crippen molar-refractivity contribution in [3.63, 3.8) is 0 Å². The molecule has 0 bridgehead atoms. The summed E-state index contributed by atoms with van der Waals surface area (Å²) < 4.78 is 11.9. The third-order valence-corrected chi connectivity index (χ3v) is 3.11. The number of quaternary nitrogens is 1. The highest BCUT2D eigenvalue weighted by atomic mass is 35.5. The van der Waals surface area contributed by atoms with E-state index in [9.17, 15) is 0 Å². The molecule has 0 aromatic rings. The maximum absolute atomic E-state index is 5.80. The molecule has 3 nitrogen and oxygen atoms in total. The van der Waals surface area contributed by atoms with Gasteiger partial charge in [0.05, 0.1) is 20.7 Å². The summed E-state index contributed by atoms with van der Waals surface area (Å²) in [5.74, 6) is 0. The van der Waals surface area contributed by atoms with Crippen LogP contribution in [0.2, 0.25) is 0 Å². The monoisotopic (exact) mass is 222 g/mol. The molecule has 0 aromatic heterocycles. The predicted octanol–water partition coefficient (Wildman–Crippen LogP) is 1.80. The van der Waals surface area contributed by atoms with Crippen molar-refractivity contribution in [2.75, 3.05) is 39.9 Å². The molecule has 0 aliphatic carbocycles. The van der Waals surface area contributed by atoms with Gasteiger partial charge in [0.25, 0.3) is 0 Å². The summed E-state index contributed by atoms with van der Waals surface area (Å²) in [4.78, 5) is 0. The van der Waals surface area contributed by atoms with Gasteiger partial charge < -0.3 is 14.0 Å². The van der Waals surface area contributed by atoms with Gasteiger partial charge in [-0.15, -0.1) is 0 Å². The molecule has 1 aliphatic heterocycles. The van der Waals surface area contributed by atoms with Gasteiger partial charge in [0.1, 0.15) is 6.54 Å². The largest absolute Gasteiger partial charge is 0.353 e. The summed E-state index contributed by atoms with van der Waals surface area (Å²) in [5, 5.41) is 0. The van der Waals surface area contributed by atoms with Gasteiger partial charge in [-0.25, -0.2) is 0 Å². The number of likely N-dealkylation sites (N-methyl/N-ethyl adjacent to an activating group) is 1. The Morgan fingerprint density at radius 3 is 2.79 bits per heavy atom. The van der Waals surface area contributed by atoms with E-state index < -0.39 is 0 Å². The van der Waals surface area contributed by atoms with Crippen LogP contribution in [-0.2, 0) is 9.47 Å². The average Bonchev–Trinajstić information content (AvgIpc) is 2.19. The van der Waals surface area contributed by atoms with Crippen LogP contribution < -0.4 is 0 Å². The fourth-order valence-corrected chi connectivity index (χ4v) is 1.45. The molecule has 0 saturated carbocycles. The van der Waals surface area contributed by atoms with Crippen molar-refractivity contribution < 1.29 is 14.0 Å². The van der Waals surface area contributed by atoms with Gasteiger partial charge in [-0.05, 0) is 19.3 Å². The summed E-state index contributed by atoms with van der Waals surface area (Å²) >= 11 is 5.80. The van der Waals surface area contributed by atoms with Gasteiger partial charge in [0.15, 0.2) is 12.3 Å². The van der Waals surface area contributed by atoms with E-state index in [1.54, 1.807) is 0 Å². The molecule has 0 aromatic carbocycles. The molecular weight excluding hydrogens is 202 g/mol. The van der Waals surface area contributed by atoms with Crippen LogP contribution >= 0.6 is 11.6 Å². The average molecular weight is 223 g/mol. The number of alkyl halides is 1. The molecular formula is C10H21ClNO2+. The second-order valence-electron chi connectivity index (χ2n) is 4.45. The number of ether oxygens (including phenoxy) is 2. The van der Waals surface area contributed by atoms with E-state index in [0.29, 0.717) is 6.00 Å². The van der Waals surface area contributed by atoms with Crippen LogP contribution in [0.5, 0.6) is 0 Å². The molecule has 1 rings (SSSR count). The van der Waals surface area contributed by atoms with Gasteiger partial charge in [-0.3, -0.25) is 0 Å². The van der Waals surface area contributed by atoms with Crippen molar-refractivity contribution >= 4 is 11.6 Å². The van der Waals surface area contributed by atoms with Crippen LogP contribution in [0.4, 0.5) is 0 Å². The van der Waals surface area contributed by atoms with Crippen molar-refractivity contribution in [3.05, 3.63) is 0 Å². The molecule has 84 valence electrons. The third-order valence-electron chi connectivity index (χ3n) is 2.46. The first-order valence-electron chi connectivity index (χ1n) is 5.25. The van der Waals surface area contributed by atoms with E-state index in [2.05, 4.69) is 14.1 Å². The number of nitrogens with zero attached hydrogens (tertiary/aromatic N) is 1. The summed E-state index contributed by atoms with van der Waals surface area (Å²) in [5.41, 5.74) is 0. The van der Waals surface area contributed by atoms with Crippen molar-refractivity contribution in [3.8, 4) is 0 Å². The normalized spacial score (nSPS) is 23.8. The van der Waals surface area contributed by atoms with E-state index in [0.717, 1.165) is 30.7 Å². The Kier molecular flexibility index (Phi) is 5.17. The lowest BCUT2D eigenvalue weighted by Gasteiger charge is -2.28. The van der Waals surface area contributed by atoms with E-state index >= 15 is 0 Å². The number of halogens is 1. The zero-order valence-electron chi connectivity index (χ0n) is 9.17. The fourth-order valence-electron chi connectivity index (χ4n) is 1.33. The Morgan fingerprint density at radius 1 is 1.43 bits per heavy atom. The lowest BCUT2D eigenvalue weighted by molar-refractivity contribution is -0.879. The number of hydrogen-bond acceptors (Lipinski definition) is 2. The van der Waals surface area contributed by atoms with E-state index in [1.165, 1.54) is 12.8 Å². The maximum Gasteiger partial charge on any atom is 0.157 e. The minimum Gasteiger partial charge on any atom is -0.353 e. The lowest BCUT2D eigenvalue weighted by atomic mass is 10.2. The predicted molar refractivity (Wildman–Crippen MR) is 57.2 cm³/mol. The number of hydrogen-bond donors (Lipinski definition) is 0.